The van der Waals surface area contributed by atoms with Gasteiger partial charge in [0.1, 0.15) is 0 Å². The first-order valence-corrected chi connectivity index (χ1v) is 13.8. The molecule has 5 nitrogen and oxygen atoms in total. The van der Waals surface area contributed by atoms with Crippen molar-refractivity contribution in [3.05, 3.63) is 119 Å². The molecule has 39 heavy (non-hydrogen) atoms. The highest BCUT2D eigenvalue weighted by Gasteiger charge is 2.30. The molecule has 0 fully saturated rings. The van der Waals surface area contributed by atoms with Crippen LogP contribution in [0, 0.1) is 6.92 Å². The maximum Gasteiger partial charge on any atom is 0.416 e. The SMILES string of the molecule is Cc1ccc(S(=O)(=O)NC2Cc3ccc(NC(=O)c4ccccc4-c4ccc(C(F)(F)F)cc4)cc3C2)cc1. The number of anilines is 1. The lowest BCUT2D eigenvalue weighted by atomic mass is 9.98. The molecule has 9 heteroatoms. The number of carbonyl (C=O) groups is 1. The smallest absolute Gasteiger partial charge is 0.322 e. The summed E-state index contributed by atoms with van der Waals surface area (Å²) >= 11 is 0. The third kappa shape index (κ3) is 5.89. The Morgan fingerprint density at radius 1 is 0.846 bits per heavy atom. The number of hydrogen-bond acceptors (Lipinski definition) is 3. The number of benzene rings is 4. The van der Waals surface area contributed by atoms with Crippen molar-refractivity contribution in [2.24, 2.45) is 0 Å². The molecular formula is C30H25F3N2O3S. The number of sulfonamides is 1. The van der Waals surface area contributed by atoms with Gasteiger partial charge in [0.25, 0.3) is 5.91 Å². The van der Waals surface area contributed by atoms with Gasteiger partial charge in [0.15, 0.2) is 0 Å². The van der Waals surface area contributed by atoms with Crippen LogP contribution in [0.1, 0.15) is 32.6 Å². The number of aryl methyl sites for hydroxylation is 1. The fourth-order valence-electron chi connectivity index (χ4n) is 4.75. The number of fused-ring (bicyclic) bond motifs is 1. The van der Waals surface area contributed by atoms with Crippen molar-refractivity contribution in [2.45, 2.75) is 36.9 Å². The van der Waals surface area contributed by atoms with E-state index in [4.69, 9.17) is 0 Å². The third-order valence-corrected chi connectivity index (χ3v) is 8.28. The van der Waals surface area contributed by atoms with Gasteiger partial charge in [-0.3, -0.25) is 4.79 Å². The van der Waals surface area contributed by atoms with Gasteiger partial charge in [0.2, 0.25) is 10.0 Å². The van der Waals surface area contributed by atoms with Crippen molar-refractivity contribution in [1.29, 1.82) is 0 Å². The van der Waals surface area contributed by atoms with Crippen molar-refractivity contribution in [1.82, 2.24) is 4.72 Å². The van der Waals surface area contributed by atoms with Crippen LogP contribution >= 0.6 is 0 Å². The topological polar surface area (TPSA) is 75.3 Å². The molecule has 0 heterocycles. The molecule has 0 saturated carbocycles. The predicted molar refractivity (Wildman–Crippen MR) is 144 cm³/mol. The summed E-state index contributed by atoms with van der Waals surface area (Å²) in [7, 11) is -3.67. The zero-order valence-electron chi connectivity index (χ0n) is 20.9. The highest BCUT2D eigenvalue weighted by molar-refractivity contribution is 7.89. The van der Waals surface area contributed by atoms with E-state index in [0.29, 0.717) is 35.2 Å². The van der Waals surface area contributed by atoms with Gasteiger partial charge in [-0.05, 0) is 84.5 Å². The predicted octanol–water partition coefficient (Wildman–Crippen LogP) is 6.38. The van der Waals surface area contributed by atoms with E-state index in [2.05, 4.69) is 10.0 Å². The molecule has 4 aromatic rings. The number of alkyl halides is 3. The quantitative estimate of drug-likeness (QED) is 0.293. The molecule has 1 aliphatic carbocycles. The normalized spacial score (nSPS) is 15.1. The largest absolute Gasteiger partial charge is 0.416 e. The molecule has 2 N–H and O–H groups in total. The van der Waals surface area contributed by atoms with Crippen molar-refractivity contribution in [3.8, 4) is 11.1 Å². The molecule has 4 aromatic carbocycles. The monoisotopic (exact) mass is 550 g/mol. The number of rotatable bonds is 6. The molecule has 0 radical (unpaired) electrons. The molecule has 0 aromatic heterocycles. The lowest BCUT2D eigenvalue weighted by molar-refractivity contribution is -0.137. The molecule has 200 valence electrons. The minimum atomic E-state index is -4.44. The van der Waals surface area contributed by atoms with Crippen LogP contribution in [0.4, 0.5) is 18.9 Å². The second-order valence-corrected chi connectivity index (χ2v) is 11.3. The third-order valence-electron chi connectivity index (χ3n) is 6.74. The zero-order valence-corrected chi connectivity index (χ0v) is 21.7. The Morgan fingerprint density at radius 2 is 1.51 bits per heavy atom. The van der Waals surface area contributed by atoms with Crippen LogP contribution in [-0.4, -0.2) is 20.4 Å². The highest BCUT2D eigenvalue weighted by Crippen LogP contribution is 2.32. The summed E-state index contributed by atoms with van der Waals surface area (Å²) in [5.74, 6) is -0.403. The average molecular weight is 551 g/mol. The van der Waals surface area contributed by atoms with E-state index in [1.807, 2.05) is 19.1 Å². The van der Waals surface area contributed by atoms with Gasteiger partial charge in [-0.1, -0.05) is 54.1 Å². The first-order chi connectivity index (χ1) is 18.5. The Bertz CT molecular complexity index is 1630. The Morgan fingerprint density at radius 3 is 2.21 bits per heavy atom. The molecule has 0 spiro atoms. The molecule has 5 rings (SSSR count). The minimum absolute atomic E-state index is 0.212. The van der Waals surface area contributed by atoms with Crippen LogP contribution in [0.15, 0.2) is 95.9 Å². The second-order valence-electron chi connectivity index (χ2n) is 9.60. The minimum Gasteiger partial charge on any atom is -0.322 e. The van der Waals surface area contributed by atoms with Crippen molar-refractivity contribution < 1.29 is 26.4 Å². The Kier molecular flexibility index (Phi) is 7.05. The van der Waals surface area contributed by atoms with E-state index < -0.39 is 27.7 Å². The zero-order chi connectivity index (χ0) is 27.8. The summed E-state index contributed by atoms with van der Waals surface area (Å²) in [6, 6.07) is 23.2. The van der Waals surface area contributed by atoms with Crippen LogP contribution in [-0.2, 0) is 29.0 Å². The number of halogens is 3. The van der Waals surface area contributed by atoms with Gasteiger partial charge in [-0.25, -0.2) is 13.1 Å². The lowest BCUT2D eigenvalue weighted by Gasteiger charge is -2.13. The first kappa shape index (κ1) is 26.6. The van der Waals surface area contributed by atoms with Crippen LogP contribution < -0.4 is 10.0 Å². The molecule has 1 amide bonds. The van der Waals surface area contributed by atoms with Gasteiger partial charge in [-0.2, -0.15) is 13.2 Å². The molecule has 1 aliphatic rings. The summed E-state index contributed by atoms with van der Waals surface area (Å²) in [5, 5.41) is 2.87. The fraction of sp³-hybridized carbons (Fsp3) is 0.167. The van der Waals surface area contributed by atoms with Gasteiger partial charge in [0, 0.05) is 17.3 Å². The molecule has 1 unspecified atom stereocenters. The lowest BCUT2D eigenvalue weighted by Crippen LogP contribution is -2.35. The van der Waals surface area contributed by atoms with E-state index in [9.17, 15) is 26.4 Å². The number of amides is 1. The van der Waals surface area contributed by atoms with Crippen LogP contribution in [0.2, 0.25) is 0 Å². The number of carbonyl (C=O) groups excluding carboxylic acids is 1. The highest BCUT2D eigenvalue weighted by atomic mass is 32.2. The van der Waals surface area contributed by atoms with Crippen LogP contribution in [0.5, 0.6) is 0 Å². The summed E-state index contributed by atoms with van der Waals surface area (Å²) in [6.45, 7) is 1.89. The van der Waals surface area contributed by atoms with Gasteiger partial charge in [-0.15, -0.1) is 0 Å². The van der Waals surface area contributed by atoms with Gasteiger partial charge < -0.3 is 5.32 Å². The van der Waals surface area contributed by atoms with Crippen molar-refractivity contribution >= 4 is 21.6 Å². The fourth-order valence-corrected chi connectivity index (χ4v) is 5.99. The van der Waals surface area contributed by atoms with Crippen LogP contribution in [0.25, 0.3) is 11.1 Å². The van der Waals surface area contributed by atoms with Crippen LogP contribution in [0.3, 0.4) is 0 Å². The molecule has 0 aliphatic heterocycles. The first-order valence-electron chi connectivity index (χ1n) is 12.3. The molecule has 1 atom stereocenters. The van der Waals surface area contributed by atoms with E-state index in [-0.39, 0.29) is 10.9 Å². The number of nitrogens with one attached hydrogen (secondary N) is 2. The summed E-state index contributed by atoms with van der Waals surface area (Å²) < 4.78 is 67.3. The summed E-state index contributed by atoms with van der Waals surface area (Å²) in [4.78, 5) is 13.4. The maximum absolute atomic E-state index is 13.2. The Balaban J connectivity index is 1.30. The van der Waals surface area contributed by atoms with Crippen molar-refractivity contribution in [3.63, 3.8) is 0 Å². The van der Waals surface area contributed by atoms with E-state index in [0.717, 1.165) is 28.8 Å². The molecular weight excluding hydrogens is 525 g/mol. The second kappa shape index (κ2) is 10.3. The number of hydrogen-bond donors (Lipinski definition) is 2. The Labute approximate surface area is 224 Å². The average Bonchev–Trinajstić information content (AvgIpc) is 3.29. The molecule has 0 bridgehead atoms. The summed E-state index contributed by atoms with van der Waals surface area (Å²) in [6.07, 6.45) is -3.43. The molecule has 0 saturated heterocycles. The maximum atomic E-state index is 13.2. The van der Waals surface area contributed by atoms with Crippen molar-refractivity contribution in [2.75, 3.05) is 5.32 Å². The van der Waals surface area contributed by atoms with Gasteiger partial charge >= 0.3 is 6.18 Å². The van der Waals surface area contributed by atoms with Gasteiger partial charge in [0.05, 0.1) is 10.5 Å². The van der Waals surface area contributed by atoms with E-state index >= 15 is 0 Å². The Hall–Kier alpha value is -3.95. The van der Waals surface area contributed by atoms with E-state index in [1.165, 1.54) is 12.1 Å². The van der Waals surface area contributed by atoms with E-state index in [1.54, 1.807) is 54.6 Å². The standard InChI is InChI=1S/C30H25F3N2O3S/c1-19-6-14-26(15-7-19)39(37,38)35-25-16-21-10-13-24(17-22(21)18-25)34-29(36)28-5-3-2-4-27(28)20-8-11-23(12-9-20)30(31,32)33/h2-15,17,25,35H,16,18H2,1H3,(H,34,36). The summed E-state index contributed by atoms with van der Waals surface area (Å²) in [5.41, 5.74) is 4.01.